The molecule has 0 radical (unpaired) electrons. The summed E-state index contributed by atoms with van der Waals surface area (Å²) >= 11 is 0. The first-order valence-electron chi connectivity index (χ1n) is 10.5. The summed E-state index contributed by atoms with van der Waals surface area (Å²) in [6.45, 7) is 5.36. The van der Waals surface area contributed by atoms with E-state index in [2.05, 4.69) is 24.3 Å². The Labute approximate surface area is 184 Å². The molecule has 2 aromatic carbocycles. The van der Waals surface area contributed by atoms with E-state index < -0.39 is 23.9 Å². The van der Waals surface area contributed by atoms with Crippen LogP contribution in [-0.2, 0) is 25.4 Å². The predicted molar refractivity (Wildman–Crippen MR) is 118 cm³/mol. The van der Waals surface area contributed by atoms with Crippen LogP contribution in [0.15, 0.2) is 54.6 Å². The van der Waals surface area contributed by atoms with Crippen LogP contribution in [0, 0.1) is 5.92 Å². The van der Waals surface area contributed by atoms with Crippen molar-refractivity contribution in [3.63, 3.8) is 0 Å². The molecule has 2 atom stereocenters. The number of hydrogen-bond acceptors (Lipinski definition) is 5. The molecule has 0 N–H and O–H groups in total. The normalized spacial score (nSPS) is 19.2. The first-order valence-corrected chi connectivity index (χ1v) is 10.5. The van der Waals surface area contributed by atoms with Gasteiger partial charge >= 0.3 is 6.09 Å². The zero-order valence-electron chi connectivity index (χ0n) is 18.8. The Morgan fingerprint density at radius 2 is 1.58 bits per heavy atom. The number of carbonyl (C=O) groups is 2. The summed E-state index contributed by atoms with van der Waals surface area (Å²) in [6, 6.07) is 18.0. The summed E-state index contributed by atoms with van der Waals surface area (Å²) in [6.07, 6.45) is -0.346. The molecule has 0 saturated carbocycles. The molecular formula is C25H31NO5. The van der Waals surface area contributed by atoms with Crippen molar-refractivity contribution in [3.8, 4) is 11.1 Å². The van der Waals surface area contributed by atoms with Crippen molar-refractivity contribution in [3.05, 3.63) is 60.2 Å². The molecule has 0 bridgehead atoms. The number of benzene rings is 2. The third-order valence-corrected chi connectivity index (χ3v) is 5.36. The van der Waals surface area contributed by atoms with E-state index in [4.69, 9.17) is 14.2 Å². The van der Waals surface area contributed by atoms with Crippen LogP contribution in [0.2, 0.25) is 0 Å². The Hall–Kier alpha value is -2.70. The summed E-state index contributed by atoms with van der Waals surface area (Å²) in [7, 11) is 2.99. The maximum absolute atomic E-state index is 13.1. The third-order valence-electron chi connectivity index (χ3n) is 5.36. The second-order valence-electron chi connectivity index (χ2n) is 8.79. The van der Waals surface area contributed by atoms with Crippen LogP contribution in [0.3, 0.4) is 0 Å². The van der Waals surface area contributed by atoms with E-state index in [1.165, 1.54) is 19.1 Å². The summed E-state index contributed by atoms with van der Waals surface area (Å²) in [5.41, 5.74) is 2.60. The van der Waals surface area contributed by atoms with Gasteiger partial charge in [-0.15, -0.1) is 0 Å². The second-order valence-corrected chi connectivity index (χ2v) is 8.79. The van der Waals surface area contributed by atoms with Crippen LogP contribution in [0.1, 0.15) is 32.8 Å². The van der Waals surface area contributed by atoms with Gasteiger partial charge in [0.05, 0.1) is 5.92 Å². The molecule has 31 heavy (non-hydrogen) atoms. The lowest BCUT2D eigenvalue weighted by molar-refractivity contribution is -0.157. The molecule has 0 unspecified atom stereocenters. The van der Waals surface area contributed by atoms with Crippen LogP contribution in [-0.4, -0.2) is 49.1 Å². The number of ether oxygens (including phenoxy) is 3. The van der Waals surface area contributed by atoms with Crippen LogP contribution in [0.4, 0.5) is 4.79 Å². The SMILES string of the molecule is COC(OC)[C@@H]1C[C@@H](Cc2ccc(-c3ccccc3)cc2)N(C(=O)OC(C)(C)C)C1=O. The van der Waals surface area contributed by atoms with Gasteiger partial charge in [-0.1, -0.05) is 54.6 Å². The van der Waals surface area contributed by atoms with Crippen LogP contribution < -0.4 is 0 Å². The highest BCUT2D eigenvalue weighted by atomic mass is 16.7. The van der Waals surface area contributed by atoms with E-state index in [1.807, 2.05) is 30.3 Å². The van der Waals surface area contributed by atoms with Crippen molar-refractivity contribution in [2.45, 2.75) is 51.5 Å². The number of likely N-dealkylation sites (tertiary alicyclic amines) is 1. The molecule has 0 aromatic heterocycles. The molecule has 1 aliphatic rings. The fourth-order valence-electron chi connectivity index (χ4n) is 3.97. The number of imide groups is 1. The minimum atomic E-state index is -0.706. The standard InChI is InChI=1S/C25H31NO5/c1-25(2,3)31-24(28)26-20(16-21(22(26)27)23(29-4)30-5)15-17-11-13-19(14-12-17)18-9-7-6-8-10-18/h6-14,20-21,23H,15-16H2,1-5H3/t20-,21-/m1/s1. The Morgan fingerprint density at radius 1 is 1.00 bits per heavy atom. The van der Waals surface area contributed by atoms with Crippen molar-refractivity contribution in [1.82, 2.24) is 4.90 Å². The highest BCUT2D eigenvalue weighted by molar-refractivity contribution is 5.96. The number of nitrogens with zero attached hydrogens (tertiary/aromatic N) is 1. The average Bonchev–Trinajstić information content (AvgIpc) is 3.05. The number of carbonyl (C=O) groups excluding carboxylic acids is 2. The molecule has 166 valence electrons. The molecule has 0 spiro atoms. The van der Waals surface area contributed by atoms with Gasteiger partial charge in [0.15, 0.2) is 6.29 Å². The van der Waals surface area contributed by atoms with Gasteiger partial charge in [-0.05, 0) is 50.3 Å². The molecule has 1 saturated heterocycles. The molecule has 2 amide bonds. The van der Waals surface area contributed by atoms with Gasteiger partial charge in [0, 0.05) is 20.3 Å². The van der Waals surface area contributed by atoms with Gasteiger partial charge in [-0.2, -0.15) is 0 Å². The Kier molecular flexibility index (Phi) is 7.13. The zero-order valence-corrected chi connectivity index (χ0v) is 18.8. The number of hydrogen-bond donors (Lipinski definition) is 0. The quantitative estimate of drug-likeness (QED) is 0.630. The first-order chi connectivity index (χ1) is 14.7. The molecule has 0 aliphatic carbocycles. The van der Waals surface area contributed by atoms with Gasteiger partial charge in [0.1, 0.15) is 5.60 Å². The molecule has 6 nitrogen and oxygen atoms in total. The molecule has 2 aromatic rings. The number of methoxy groups -OCH3 is 2. The highest BCUT2D eigenvalue weighted by Crippen LogP contribution is 2.33. The molecular weight excluding hydrogens is 394 g/mol. The van der Waals surface area contributed by atoms with Gasteiger partial charge in [0.25, 0.3) is 0 Å². The third kappa shape index (κ3) is 5.51. The first kappa shape index (κ1) is 23.0. The topological polar surface area (TPSA) is 65.1 Å². The molecule has 1 aliphatic heterocycles. The fraction of sp³-hybridized carbons (Fsp3) is 0.440. The molecule has 3 rings (SSSR count). The number of rotatable bonds is 6. The van der Waals surface area contributed by atoms with Gasteiger partial charge in [-0.3, -0.25) is 4.79 Å². The van der Waals surface area contributed by atoms with E-state index in [9.17, 15) is 9.59 Å². The lowest BCUT2D eigenvalue weighted by Crippen LogP contribution is -2.44. The van der Waals surface area contributed by atoms with Crippen molar-refractivity contribution in [1.29, 1.82) is 0 Å². The van der Waals surface area contributed by atoms with Gasteiger partial charge < -0.3 is 14.2 Å². The molecule has 1 heterocycles. The minimum Gasteiger partial charge on any atom is -0.443 e. The Bertz CT molecular complexity index is 884. The largest absolute Gasteiger partial charge is 0.443 e. The zero-order chi connectivity index (χ0) is 22.6. The lowest BCUT2D eigenvalue weighted by Gasteiger charge is -2.27. The second kappa shape index (κ2) is 9.62. The summed E-state index contributed by atoms with van der Waals surface area (Å²) in [5, 5.41) is 0. The smallest absolute Gasteiger partial charge is 0.417 e. The van der Waals surface area contributed by atoms with Crippen molar-refractivity contribution < 1.29 is 23.8 Å². The lowest BCUT2D eigenvalue weighted by atomic mass is 9.97. The van der Waals surface area contributed by atoms with Crippen LogP contribution in [0.25, 0.3) is 11.1 Å². The van der Waals surface area contributed by atoms with Gasteiger partial charge in [-0.25, -0.2) is 9.69 Å². The Balaban J connectivity index is 1.82. The maximum Gasteiger partial charge on any atom is 0.417 e. The van der Waals surface area contributed by atoms with E-state index in [0.717, 1.165) is 16.7 Å². The number of amides is 2. The van der Waals surface area contributed by atoms with Crippen LogP contribution in [0.5, 0.6) is 0 Å². The molecule has 6 heteroatoms. The summed E-state index contributed by atoms with van der Waals surface area (Å²) in [5.74, 6) is -0.884. The van der Waals surface area contributed by atoms with Crippen molar-refractivity contribution in [2.75, 3.05) is 14.2 Å². The van der Waals surface area contributed by atoms with E-state index in [0.29, 0.717) is 12.8 Å². The van der Waals surface area contributed by atoms with Crippen molar-refractivity contribution >= 4 is 12.0 Å². The van der Waals surface area contributed by atoms with E-state index >= 15 is 0 Å². The highest BCUT2D eigenvalue weighted by Gasteiger charge is 2.48. The predicted octanol–water partition coefficient (Wildman–Crippen LogP) is 4.67. The van der Waals surface area contributed by atoms with E-state index in [-0.39, 0.29) is 11.9 Å². The monoisotopic (exact) mass is 425 g/mol. The minimum absolute atomic E-state index is 0.325. The molecule has 1 fully saturated rings. The van der Waals surface area contributed by atoms with Crippen LogP contribution >= 0.6 is 0 Å². The van der Waals surface area contributed by atoms with Gasteiger partial charge in [0.2, 0.25) is 5.91 Å². The maximum atomic E-state index is 13.1. The summed E-state index contributed by atoms with van der Waals surface area (Å²) < 4.78 is 16.2. The summed E-state index contributed by atoms with van der Waals surface area (Å²) in [4.78, 5) is 27.2. The Morgan fingerprint density at radius 3 is 2.13 bits per heavy atom. The van der Waals surface area contributed by atoms with Crippen molar-refractivity contribution in [2.24, 2.45) is 5.92 Å². The van der Waals surface area contributed by atoms with E-state index in [1.54, 1.807) is 20.8 Å². The average molecular weight is 426 g/mol. The fourth-order valence-corrected chi connectivity index (χ4v) is 3.97.